The third-order valence-electron chi connectivity index (χ3n) is 6.76. The van der Waals surface area contributed by atoms with Gasteiger partial charge in [0.25, 0.3) is 0 Å². The molecule has 35 heavy (non-hydrogen) atoms. The van der Waals surface area contributed by atoms with Crippen LogP contribution in [0.3, 0.4) is 0 Å². The Balaban J connectivity index is 1.75. The predicted molar refractivity (Wildman–Crippen MR) is 136 cm³/mol. The first kappa shape index (κ1) is 24.9. The Labute approximate surface area is 207 Å². The van der Waals surface area contributed by atoms with Gasteiger partial charge in [0, 0.05) is 47.7 Å². The molecule has 1 saturated heterocycles. The van der Waals surface area contributed by atoms with E-state index in [0.29, 0.717) is 24.6 Å². The number of carbonyl (C=O) groups is 1. The van der Waals surface area contributed by atoms with Crippen molar-refractivity contribution in [3.63, 3.8) is 0 Å². The van der Waals surface area contributed by atoms with Crippen molar-refractivity contribution in [2.24, 2.45) is 5.41 Å². The molecule has 3 aromatic rings. The average molecular weight is 477 g/mol. The standard InChI is InChI=1S/C28H36N4O3/c1-18(2)20-8-10-22(11-9-20)28(34,27(7)16-32(17-27)25(33)35-26(4,5)6)23-13-21(14-29-15-23)24-12-19(3)30-31-24/h8-15,18,34H,16-17H2,1-7H3,(H,30,31)/t28-/m0/s1. The summed E-state index contributed by atoms with van der Waals surface area (Å²) < 4.78 is 5.56. The summed E-state index contributed by atoms with van der Waals surface area (Å²) in [5.41, 5.74) is 2.56. The molecule has 0 radical (unpaired) electrons. The van der Waals surface area contributed by atoms with E-state index in [2.05, 4.69) is 41.2 Å². The summed E-state index contributed by atoms with van der Waals surface area (Å²) >= 11 is 0. The highest BCUT2D eigenvalue weighted by Gasteiger charge is 2.58. The lowest BCUT2D eigenvalue weighted by Gasteiger charge is -2.56. The first-order valence-corrected chi connectivity index (χ1v) is 12.1. The minimum atomic E-state index is -1.38. The van der Waals surface area contributed by atoms with E-state index in [1.807, 2.05) is 58.9 Å². The third-order valence-corrected chi connectivity index (χ3v) is 6.76. The van der Waals surface area contributed by atoms with Gasteiger partial charge in [-0.15, -0.1) is 0 Å². The van der Waals surface area contributed by atoms with Crippen LogP contribution in [0.25, 0.3) is 11.3 Å². The zero-order chi connectivity index (χ0) is 25.6. The maximum Gasteiger partial charge on any atom is 0.410 e. The van der Waals surface area contributed by atoms with Gasteiger partial charge in [-0.05, 0) is 56.9 Å². The zero-order valence-corrected chi connectivity index (χ0v) is 21.7. The number of likely N-dealkylation sites (tertiary alicyclic amines) is 1. The Kier molecular flexibility index (Phi) is 6.26. The highest BCUT2D eigenvalue weighted by molar-refractivity contribution is 5.70. The molecule has 0 spiro atoms. The summed E-state index contributed by atoms with van der Waals surface area (Å²) in [6.45, 7) is 14.5. The minimum Gasteiger partial charge on any atom is -0.444 e. The van der Waals surface area contributed by atoms with Crippen molar-refractivity contribution in [2.45, 2.75) is 65.6 Å². The number of aromatic nitrogens is 3. The Morgan fingerprint density at radius 2 is 1.77 bits per heavy atom. The maximum atomic E-state index is 12.7. The lowest BCUT2D eigenvalue weighted by atomic mass is 9.62. The molecule has 1 amide bonds. The molecule has 4 rings (SSSR count). The summed E-state index contributed by atoms with van der Waals surface area (Å²) in [5.74, 6) is 0.381. The molecule has 2 aromatic heterocycles. The van der Waals surface area contributed by atoms with Crippen LogP contribution in [-0.4, -0.2) is 50.0 Å². The van der Waals surface area contributed by atoms with Crippen LogP contribution >= 0.6 is 0 Å². The third kappa shape index (κ3) is 4.69. The van der Waals surface area contributed by atoms with E-state index in [0.717, 1.165) is 22.5 Å². The van der Waals surface area contributed by atoms with E-state index in [4.69, 9.17) is 4.74 Å². The van der Waals surface area contributed by atoms with Crippen LogP contribution in [0.1, 0.15) is 69.8 Å². The van der Waals surface area contributed by atoms with Crippen LogP contribution in [0.4, 0.5) is 4.79 Å². The number of nitrogens with zero attached hydrogens (tertiary/aromatic N) is 3. The van der Waals surface area contributed by atoms with Gasteiger partial charge in [-0.2, -0.15) is 5.10 Å². The fourth-order valence-electron chi connectivity index (χ4n) is 4.80. The summed E-state index contributed by atoms with van der Waals surface area (Å²) in [6, 6.07) is 12.0. The molecule has 2 N–H and O–H groups in total. The second kappa shape index (κ2) is 8.79. The second-order valence-electron chi connectivity index (χ2n) is 11.3. The number of amides is 1. The van der Waals surface area contributed by atoms with Gasteiger partial charge in [0.05, 0.1) is 5.69 Å². The molecular formula is C28H36N4O3. The van der Waals surface area contributed by atoms with Crippen LogP contribution in [0.15, 0.2) is 48.8 Å². The molecule has 0 aliphatic carbocycles. The fourth-order valence-corrected chi connectivity index (χ4v) is 4.80. The monoisotopic (exact) mass is 476 g/mol. The van der Waals surface area contributed by atoms with Gasteiger partial charge in [0.2, 0.25) is 0 Å². The minimum absolute atomic E-state index is 0.357. The normalized spacial score (nSPS) is 17.1. The molecule has 186 valence electrons. The zero-order valence-electron chi connectivity index (χ0n) is 21.7. The van der Waals surface area contributed by atoms with Gasteiger partial charge in [0.15, 0.2) is 0 Å². The van der Waals surface area contributed by atoms with Crippen molar-refractivity contribution in [1.29, 1.82) is 0 Å². The van der Waals surface area contributed by atoms with Gasteiger partial charge < -0.3 is 14.7 Å². The van der Waals surface area contributed by atoms with Crippen molar-refractivity contribution in [3.8, 4) is 11.3 Å². The second-order valence-corrected chi connectivity index (χ2v) is 11.3. The van der Waals surface area contributed by atoms with Gasteiger partial charge in [-0.25, -0.2) is 4.79 Å². The van der Waals surface area contributed by atoms with E-state index in [1.54, 1.807) is 17.3 Å². The van der Waals surface area contributed by atoms with E-state index < -0.39 is 16.6 Å². The van der Waals surface area contributed by atoms with Gasteiger partial charge in [-0.3, -0.25) is 10.1 Å². The number of hydrogen-bond acceptors (Lipinski definition) is 5. The van der Waals surface area contributed by atoms with Crippen LogP contribution in [-0.2, 0) is 10.3 Å². The predicted octanol–water partition coefficient (Wildman–Crippen LogP) is 5.40. The molecule has 1 aliphatic rings. The van der Waals surface area contributed by atoms with E-state index in [9.17, 15) is 9.90 Å². The van der Waals surface area contributed by atoms with Crippen molar-refractivity contribution in [2.75, 3.05) is 13.1 Å². The van der Waals surface area contributed by atoms with Gasteiger partial charge in [-0.1, -0.05) is 45.0 Å². The van der Waals surface area contributed by atoms with Crippen LogP contribution in [0.2, 0.25) is 0 Å². The SMILES string of the molecule is Cc1cc(-c2cncc([C@@](O)(c3ccc(C(C)C)cc3)C3(C)CN(C(=O)OC(C)(C)C)C3)c2)n[nH]1. The smallest absolute Gasteiger partial charge is 0.410 e. The number of benzene rings is 1. The maximum absolute atomic E-state index is 12.7. The van der Waals surface area contributed by atoms with E-state index in [1.165, 1.54) is 5.56 Å². The molecule has 0 saturated carbocycles. The number of H-pyrrole nitrogens is 1. The molecule has 1 aromatic carbocycles. The highest BCUT2D eigenvalue weighted by Crippen LogP contribution is 2.51. The molecule has 0 unspecified atom stereocenters. The molecule has 1 fully saturated rings. The fraction of sp³-hybridized carbons (Fsp3) is 0.464. The summed E-state index contributed by atoms with van der Waals surface area (Å²) in [7, 11) is 0. The number of hydrogen-bond donors (Lipinski definition) is 2. The first-order chi connectivity index (χ1) is 16.3. The van der Waals surface area contributed by atoms with Gasteiger partial charge >= 0.3 is 6.09 Å². The lowest BCUT2D eigenvalue weighted by molar-refractivity contribution is -0.131. The van der Waals surface area contributed by atoms with Crippen molar-refractivity contribution in [1.82, 2.24) is 20.1 Å². The first-order valence-electron chi connectivity index (χ1n) is 12.1. The van der Waals surface area contributed by atoms with Crippen molar-refractivity contribution < 1.29 is 14.6 Å². The number of aryl methyl sites for hydroxylation is 1. The van der Waals surface area contributed by atoms with Crippen molar-refractivity contribution in [3.05, 3.63) is 71.2 Å². The highest BCUT2D eigenvalue weighted by atomic mass is 16.6. The molecule has 0 bridgehead atoms. The molecule has 3 heterocycles. The number of carbonyl (C=O) groups excluding carboxylic acids is 1. The number of ether oxygens (including phenoxy) is 1. The number of rotatable bonds is 5. The van der Waals surface area contributed by atoms with Crippen LogP contribution < -0.4 is 0 Å². The van der Waals surface area contributed by atoms with E-state index in [-0.39, 0.29) is 6.09 Å². The molecule has 1 atom stereocenters. The lowest BCUT2D eigenvalue weighted by Crippen LogP contribution is -2.66. The quantitative estimate of drug-likeness (QED) is 0.515. The van der Waals surface area contributed by atoms with E-state index >= 15 is 0 Å². The van der Waals surface area contributed by atoms with Crippen LogP contribution in [0, 0.1) is 12.3 Å². The van der Waals surface area contributed by atoms with Crippen LogP contribution in [0.5, 0.6) is 0 Å². The largest absolute Gasteiger partial charge is 0.444 e. The summed E-state index contributed by atoms with van der Waals surface area (Å²) in [5, 5.41) is 19.9. The number of aromatic amines is 1. The topological polar surface area (TPSA) is 91.3 Å². The van der Waals surface area contributed by atoms with Gasteiger partial charge in [0.1, 0.15) is 11.2 Å². The Hall–Kier alpha value is -3.19. The molecular weight excluding hydrogens is 440 g/mol. The van der Waals surface area contributed by atoms with Crippen molar-refractivity contribution >= 4 is 6.09 Å². The Morgan fingerprint density at radius 3 is 2.31 bits per heavy atom. The molecule has 7 heteroatoms. The molecule has 7 nitrogen and oxygen atoms in total. The summed E-state index contributed by atoms with van der Waals surface area (Å²) in [6.07, 6.45) is 3.09. The average Bonchev–Trinajstić information content (AvgIpc) is 3.21. The Bertz CT molecular complexity index is 1200. The number of pyridine rings is 1. The number of aliphatic hydroxyl groups is 1. The Morgan fingerprint density at radius 1 is 1.11 bits per heavy atom. The summed E-state index contributed by atoms with van der Waals surface area (Å²) in [4.78, 5) is 18.8. The molecule has 1 aliphatic heterocycles. The number of nitrogens with one attached hydrogen (secondary N) is 1.